The zero-order chi connectivity index (χ0) is 16.4. The maximum atomic E-state index is 12.4. The van der Waals surface area contributed by atoms with Gasteiger partial charge in [-0.05, 0) is 30.2 Å². The molecule has 1 unspecified atom stereocenters. The van der Waals surface area contributed by atoms with Gasteiger partial charge in [0, 0.05) is 18.8 Å². The molecule has 1 atom stereocenters. The molecule has 8 heteroatoms. The maximum Gasteiger partial charge on any atom is 0.244 e. The van der Waals surface area contributed by atoms with E-state index in [0.717, 1.165) is 18.5 Å². The Bertz CT molecular complexity index is 826. The molecule has 2 heterocycles. The Morgan fingerprint density at radius 2 is 2.17 bits per heavy atom. The van der Waals surface area contributed by atoms with Gasteiger partial charge in [-0.2, -0.15) is 0 Å². The summed E-state index contributed by atoms with van der Waals surface area (Å²) in [6.07, 6.45) is 2.25. The second-order valence-corrected chi connectivity index (χ2v) is 7.52. The van der Waals surface area contributed by atoms with Gasteiger partial charge in [0.1, 0.15) is 10.7 Å². The van der Waals surface area contributed by atoms with E-state index in [0.29, 0.717) is 0 Å². The van der Waals surface area contributed by atoms with Gasteiger partial charge in [-0.15, -0.1) is 0 Å². The van der Waals surface area contributed by atoms with E-state index in [1.54, 1.807) is 0 Å². The number of fused-ring (bicyclic) bond motifs is 1. The SMILES string of the molecule is Nc1ncc(Cl)cc1S(=O)(=O)NCC1NCCc2ccccc21. The summed E-state index contributed by atoms with van der Waals surface area (Å²) in [6.45, 7) is 1.04. The van der Waals surface area contributed by atoms with Gasteiger partial charge in [-0.25, -0.2) is 18.1 Å². The van der Waals surface area contributed by atoms with Crippen molar-refractivity contribution < 1.29 is 8.42 Å². The summed E-state index contributed by atoms with van der Waals surface area (Å²) in [5.74, 6) is -0.0705. The fourth-order valence-electron chi connectivity index (χ4n) is 2.69. The molecule has 0 amide bonds. The normalized spacial score (nSPS) is 17.7. The van der Waals surface area contributed by atoms with E-state index in [9.17, 15) is 8.42 Å². The molecule has 0 saturated heterocycles. The molecule has 0 radical (unpaired) electrons. The number of pyridine rings is 1. The van der Waals surface area contributed by atoms with Crippen LogP contribution in [0.3, 0.4) is 0 Å². The molecule has 1 aliphatic rings. The third kappa shape index (κ3) is 3.48. The van der Waals surface area contributed by atoms with Gasteiger partial charge in [0.2, 0.25) is 10.0 Å². The van der Waals surface area contributed by atoms with E-state index in [1.165, 1.54) is 17.8 Å². The van der Waals surface area contributed by atoms with Crippen molar-refractivity contribution in [2.24, 2.45) is 0 Å². The van der Waals surface area contributed by atoms with Crippen LogP contribution in [0.2, 0.25) is 5.02 Å². The van der Waals surface area contributed by atoms with Gasteiger partial charge in [0.15, 0.2) is 0 Å². The van der Waals surface area contributed by atoms with Gasteiger partial charge < -0.3 is 11.1 Å². The molecule has 0 saturated carbocycles. The zero-order valence-electron chi connectivity index (χ0n) is 12.3. The molecule has 1 aromatic carbocycles. The Kier molecular flexibility index (Phi) is 4.54. The topological polar surface area (TPSA) is 97.1 Å². The molecule has 0 fully saturated rings. The highest BCUT2D eigenvalue weighted by atomic mass is 35.5. The van der Waals surface area contributed by atoms with Crippen LogP contribution in [0, 0.1) is 0 Å². The molecular weight excluding hydrogens is 336 g/mol. The summed E-state index contributed by atoms with van der Waals surface area (Å²) in [5, 5.41) is 3.55. The minimum atomic E-state index is -3.78. The molecule has 6 nitrogen and oxygen atoms in total. The third-order valence-corrected chi connectivity index (χ3v) is 5.49. The molecule has 23 heavy (non-hydrogen) atoms. The van der Waals surface area contributed by atoms with E-state index in [-0.39, 0.29) is 28.3 Å². The van der Waals surface area contributed by atoms with Gasteiger partial charge in [-0.1, -0.05) is 35.9 Å². The molecule has 0 bridgehead atoms. The average molecular weight is 353 g/mol. The summed E-state index contributed by atoms with van der Waals surface area (Å²) in [5.41, 5.74) is 8.00. The predicted octanol–water partition coefficient (Wildman–Crippen LogP) is 1.48. The van der Waals surface area contributed by atoms with E-state index in [1.807, 2.05) is 18.2 Å². The van der Waals surface area contributed by atoms with E-state index < -0.39 is 10.0 Å². The van der Waals surface area contributed by atoms with Crippen LogP contribution >= 0.6 is 11.6 Å². The van der Waals surface area contributed by atoms with Gasteiger partial charge in [-0.3, -0.25) is 0 Å². The lowest BCUT2D eigenvalue weighted by Crippen LogP contribution is -2.39. The van der Waals surface area contributed by atoms with Crippen LogP contribution in [0.5, 0.6) is 0 Å². The zero-order valence-corrected chi connectivity index (χ0v) is 13.9. The second-order valence-electron chi connectivity index (χ2n) is 5.34. The number of hydrogen-bond acceptors (Lipinski definition) is 5. The molecule has 1 aromatic heterocycles. The van der Waals surface area contributed by atoms with Gasteiger partial charge in [0.05, 0.1) is 5.02 Å². The lowest BCUT2D eigenvalue weighted by Gasteiger charge is -2.27. The van der Waals surface area contributed by atoms with Crippen molar-refractivity contribution in [1.82, 2.24) is 15.0 Å². The van der Waals surface area contributed by atoms with E-state index in [4.69, 9.17) is 17.3 Å². The number of nitrogens with one attached hydrogen (secondary N) is 2. The summed E-state index contributed by atoms with van der Waals surface area (Å²) in [6, 6.07) is 9.24. The van der Waals surface area contributed by atoms with Crippen molar-refractivity contribution in [2.45, 2.75) is 17.4 Å². The second kappa shape index (κ2) is 6.45. The van der Waals surface area contributed by atoms with Crippen molar-refractivity contribution >= 4 is 27.4 Å². The summed E-state index contributed by atoms with van der Waals surface area (Å²) >= 11 is 5.82. The summed E-state index contributed by atoms with van der Waals surface area (Å²) in [4.78, 5) is 3.68. The number of halogens is 1. The van der Waals surface area contributed by atoms with E-state index >= 15 is 0 Å². The first-order valence-electron chi connectivity index (χ1n) is 7.19. The van der Waals surface area contributed by atoms with Crippen molar-refractivity contribution in [3.63, 3.8) is 0 Å². The molecular formula is C15H17ClN4O2S. The lowest BCUT2D eigenvalue weighted by molar-refractivity contribution is 0.491. The number of anilines is 1. The minimum Gasteiger partial charge on any atom is -0.383 e. The first-order valence-corrected chi connectivity index (χ1v) is 9.05. The highest BCUT2D eigenvalue weighted by Gasteiger charge is 2.24. The number of nitrogens with two attached hydrogens (primary N) is 1. The lowest BCUT2D eigenvalue weighted by atomic mass is 9.95. The number of nitrogen functional groups attached to an aromatic ring is 1. The number of nitrogens with zero attached hydrogens (tertiary/aromatic N) is 1. The molecule has 0 spiro atoms. The first kappa shape index (κ1) is 16.2. The Hall–Kier alpha value is -1.67. The number of rotatable bonds is 4. The fraction of sp³-hybridized carbons (Fsp3) is 0.267. The summed E-state index contributed by atoms with van der Waals surface area (Å²) < 4.78 is 27.5. The number of benzene rings is 1. The van der Waals surface area contributed by atoms with Crippen molar-refractivity contribution in [3.8, 4) is 0 Å². The molecule has 0 aliphatic carbocycles. The van der Waals surface area contributed by atoms with Gasteiger partial charge >= 0.3 is 0 Å². The van der Waals surface area contributed by atoms with E-state index in [2.05, 4.69) is 21.1 Å². The van der Waals surface area contributed by atoms with Crippen LogP contribution in [0.25, 0.3) is 0 Å². The van der Waals surface area contributed by atoms with Crippen LogP contribution in [0.4, 0.5) is 5.82 Å². The van der Waals surface area contributed by atoms with Crippen LogP contribution in [0.15, 0.2) is 41.4 Å². The minimum absolute atomic E-state index is 0.0705. The molecule has 1 aliphatic heterocycles. The number of sulfonamides is 1. The summed E-state index contributed by atoms with van der Waals surface area (Å²) in [7, 11) is -3.78. The van der Waals surface area contributed by atoms with Crippen LogP contribution in [-0.2, 0) is 16.4 Å². The standard InChI is InChI=1S/C15H17ClN4O2S/c16-11-7-14(15(17)19-8-11)23(21,22)20-9-13-12-4-2-1-3-10(12)5-6-18-13/h1-4,7-8,13,18,20H,5-6,9H2,(H2,17,19). The quantitative estimate of drug-likeness (QED) is 0.774. The fourth-order valence-corrected chi connectivity index (χ4v) is 4.07. The average Bonchev–Trinajstić information content (AvgIpc) is 2.55. The largest absolute Gasteiger partial charge is 0.383 e. The van der Waals surface area contributed by atoms with Gasteiger partial charge in [0.25, 0.3) is 0 Å². The van der Waals surface area contributed by atoms with Crippen LogP contribution < -0.4 is 15.8 Å². The van der Waals surface area contributed by atoms with Crippen molar-refractivity contribution in [1.29, 1.82) is 0 Å². The molecule has 2 aromatic rings. The monoisotopic (exact) mass is 352 g/mol. The smallest absolute Gasteiger partial charge is 0.244 e. The Morgan fingerprint density at radius 1 is 1.39 bits per heavy atom. The Balaban J connectivity index is 1.79. The van der Waals surface area contributed by atoms with Crippen molar-refractivity contribution in [3.05, 3.63) is 52.7 Å². The molecule has 3 rings (SSSR count). The highest BCUT2D eigenvalue weighted by Crippen LogP contribution is 2.24. The predicted molar refractivity (Wildman–Crippen MR) is 89.7 cm³/mol. The Morgan fingerprint density at radius 3 is 3.00 bits per heavy atom. The Labute approximate surface area is 140 Å². The number of aromatic nitrogens is 1. The maximum absolute atomic E-state index is 12.4. The molecule has 4 N–H and O–H groups in total. The van der Waals surface area contributed by atoms with Crippen molar-refractivity contribution in [2.75, 3.05) is 18.8 Å². The highest BCUT2D eigenvalue weighted by molar-refractivity contribution is 7.89. The third-order valence-electron chi connectivity index (χ3n) is 3.83. The number of hydrogen-bond donors (Lipinski definition) is 3. The first-order chi connectivity index (χ1) is 11.0. The van der Waals surface area contributed by atoms with Crippen LogP contribution in [0.1, 0.15) is 17.2 Å². The molecule has 122 valence electrons. The van der Waals surface area contributed by atoms with Crippen LogP contribution in [-0.4, -0.2) is 26.5 Å².